The summed E-state index contributed by atoms with van der Waals surface area (Å²) in [4.78, 5) is 6.35. The molecule has 1 aromatic rings. The molecule has 0 radical (unpaired) electrons. The molecule has 5 nitrogen and oxygen atoms in total. The third-order valence-electron chi connectivity index (χ3n) is 3.36. The van der Waals surface area contributed by atoms with Crippen LogP contribution in [0.5, 0.6) is 0 Å². The fourth-order valence-corrected chi connectivity index (χ4v) is 3.19. The van der Waals surface area contributed by atoms with Gasteiger partial charge in [-0.25, -0.2) is 0 Å². The van der Waals surface area contributed by atoms with Gasteiger partial charge in [-0.1, -0.05) is 30.3 Å². The molecule has 1 saturated heterocycles. The molecule has 1 aliphatic rings. The first-order valence-electron chi connectivity index (χ1n) is 7.39. The van der Waals surface area contributed by atoms with E-state index in [1.165, 1.54) is 0 Å². The minimum Gasteiger partial charge on any atom is -0.359 e. The molecule has 1 heterocycles. The van der Waals surface area contributed by atoms with Crippen molar-refractivity contribution >= 4 is 15.8 Å². The topological polar surface area (TPSA) is 70.0 Å². The highest BCUT2D eigenvalue weighted by Gasteiger charge is 2.22. The third-order valence-corrected chi connectivity index (χ3v) is 3.99. The first-order chi connectivity index (χ1) is 10.3. The third kappa shape index (κ3) is 4.96. The maximum atomic E-state index is 11.1. The second-order valence-electron chi connectivity index (χ2n) is 5.69. The Morgan fingerprint density at radius 1 is 1.36 bits per heavy atom. The minimum atomic E-state index is -4.02. The van der Waals surface area contributed by atoms with E-state index in [-0.39, 0.29) is 11.9 Å². The standard InChI is InChI=1S/C16H22N2O3S/c1-13(2)17-16(14-7-4-3-5-8-14)11-15-9-6-10-18(15)12-22(19,20)21/h3-5,7-8,11,13H,6,9-10,12H2,1-2H3,(H,19,20,21). The molecule has 0 unspecified atom stereocenters. The van der Waals surface area contributed by atoms with Crippen LogP contribution in [0, 0.1) is 0 Å². The highest BCUT2D eigenvalue weighted by atomic mass is 32.2. The zero-order valence-electron chi connectivity index (χ0n) is 12.9. The number of nitrogens with zero attached hydrogens (tertiary/aromatic N) is 2. The second-order valence-corrected chi connectivity index (χ2v) is 7.11. The van der Waals surface area contributed by atoms with E-state index in [0.717, 1.165) is 29.8 Å². The molecule has 0 aromatic heterocycles. The summed E-state index contributed by atoms with van der Waals surface area (Å²) >= 11 is 0. The molecule has 0 saturated carbocycles. The number of aliphatic imine (C=N–C) groups is 1. The summed E-state index contributed by atoms with van der Waals surface area (Å²) in [5.74, 6) is -0.359. The molecule has 2 rings (SSSR count). The molecule has 6 heteroatoms. The maximum Gasteiger partial charge on any atom is 0.283 e. The van der Waals surface area contributed by atoms with Crippen LogP contribution in [0.3, 0.4) is 0 Å². The fourth-order valence-electron chi connectivity index (χ4n) is 2.50. The lowest BCUT2D eigenvalue weighted by molar-refractivity contribution is 0.407. The van der Waals surface area contributed by atoms with Crippen LogP contribution < -0.4 is 0 Å². The Morgan fingerprint density at radius 2 is 2.05 bits per heavy atom. The molecule has 120 valence electrons. The summed E-state index contributed by atoms with van der Waals surface area (Å²) in [7, 11) is -4.02. The van der Waals surface area contributed by atoms with Crippen LogP contribution in [0.2, 0.25) is 0 Å². The minimum absolute atomic E-state index is 0.142. The molecular formula is C16H22N2O3S. The lowest BCUT2D eigenvalue weighted by Gasteiger charge is -2.18. The zero-order chi connectivity index (χ0) is 16.2. The van der Waals surface area contributed by atoms with Crippen LogP contribution in [0.25, 0.3) is 0 Å². The van der Waals surface area contributed by atoms with Crippen molar-refractivity contribution < 1.29 is 13.0 Å². The Hall–Kier alpha value is -1.66. The summed E-state index contributed by atoms with van der Waals surface area (Å²) < 4.78 is 31.3. The number of likely N-dealkylation sites (tertiary alicyclic amines) is 1. The van der Waals surface area contributed by atoms with Gasteiger partial charge in [0.25, 0.3) is 10.1 Å². The molecule has 1 aliphatic heterocycles. The number of allylic oxidation sites excluding steroid dienone is 2. The predicted octanol–water partition coefficient (Wildman–Crippen LogP) is 2.71. The molecule has 0 atom stereocenters. The summed E-state index contributed by atoms with van der Waals surface area (Å²) in [6.45, 7) is 4.65. The van der Waals surface area contributed by atoms with Crippen molar-refractivity contribution in [1.82, 2.24) is 4.90 Å². The number of hydrogen-bond acceptors (Lipinski definition) is 4. The van der Waals surface area contributed by atoms with E-state index in [4.69, 9.17) is 4.55 Å². The first kappa shape index (κ1) is 16.7. The van der Waals surface area contributed by atoms with E-state index in [1.807, 2.05) is 50.3 Å². The van der Waals surface area contributed by atoms with Crippen LogP contribution in [-0.2, 0) is 10.1 Å². The van der Waals surface area contributed by atoms with E-state index in [2.05, 4.69) is 4.99 Å². The maximum absolute atomic E-state index is 11.1. The van der Waals surface area contributed by atoms with Crippen molar-refractivity contribution in [1.29, 1.82) is 0 Å². The Labute approximate surface area is 132 Å². The van der Waals surface area contributed by atoms with Crippen LogP contribution >= 0.6 is 0 Å². The lowest BCUT2D eigenvalue weighted by Crippen LogP contribution is -2.26. The molecule has 0 spiro atoms. The van der Waals surface area contributed by atoms with E-state index >= 15 is 0 Å². The van der Waals surface area contributed by atoms with Gasteiger partial charge in [0.1, 0.15) is 5.88 Å². The van der Waals surface area contributed by atoms with Gasteiger partial charge in [-0.3, -0.25) is 9.55 Å². The van der Waals surface area contributed by atoms with Gasteiger partial charge in [-0.15, -0.1) is 0 Å². The average Bonchev–Trinajstić information content (AvgIpc) is 2.83. The zero-order valence-corrected chi connectivity index (χ0v) is 13.8. The molecule has 0 aliphatic carbocycles. The summed E-state index contributed by atoms with van der Waals surface area (Å²) in [5, 5.41) is 0. The van der Waals surface area contributed by atoms with E-state index in [1.54, 1.807) is 4.90 Å². The molecule has 0 amide bonds. The van der Waals surface area contributed by atoms with Crippen molar-refractivity contribution in [3.63, 3.8) is 0 Å². The van der Waals surface area contributed by atoms with Crippen LogP contribution in [0.1, 0.15) is 32.3 Å². The number of rotatable bonds is 5. The molecule has 1 N–H and O–H groups in total. The van der Waals surface area contributed by atoms with Gasteiger partial charge in [-0.2, -0.15) is 8.42 Å². The van der Waals surface area contributed by atoms with Crippen LogP contribution in [0.15, 0.2) is 47.1 Å². The van der Waals surface area contributed by atoms with Gasteiger partial charge in [0, 0.05) is 18.3 Å². The molecule has 0 bridgehead atoms. The van der Waals surface area contributed by atoms with Crippen molar-refractivity contribution in [3.8, 4) is 0 Å². The van der Waals surface area contributed by atoms with Gasteiger partial charge in [-0.05, 0) is 38.3 Å². The van der Waals surface area contributed by atoms with Gasteiger partial charge in [0.2, 0.25) is 0 Å². The summed E-state index contributed by atoms with van der Waals surface area (Å²) in [5.41, 5.74) is 2.75. The lowest BCUT2D eigenvalue weighted by atomic mass is 10.1. The quantitative estimate of drug-likeness (QED) is 0.668. The monoisotopic (exact) mass is 322 g/mol. The van der Waals surface area contributed by atoms with Gasteiger partial charge >= 0.3 is 0 Å². The predicted molar refractivity (Wildman–Crippen MR) is 88.6 cm³/mol. The van der Waals surface area contributed by atoms with Crippen molar-refractivity contribution in [2.45, 2.75) is 32.7 Å². The highest BCUT2D eigenvalue weighted by Crippen LogP contribution is 2.22. The highest BCUT2D eigenvalue weighted by molar-refractivity contribution is 7.85. The SMILES string of the molecule is CC(C)N=C(C=C1CCCN1CS(=O)(=O)O)c1ccccc1. The van der Waals surface area contributed by atoms with Gasteiger partial charge < -0.3 is 4.90 Å². The summed E-state index contributed by atoms with van der Waals surface area (Å²) in [6, 6.07) is 9.97. The number of hydrogen-bond donors (Lipinski definition) is 1. The Kier molecular flexibility index (Phi) is 5.37. The Bertz CT molecular complexity index is 664. The van der Waals surface area contributed by atoms with Crippen LogP contribution in [-0.4, -0.2) is 42.0 Å². The molecular weight excluding hydrogens is 300 g/mol. The van der Waals surface area contributed by atoms with Crippen molar-refractivity contribution in [3.05, 3.63) is 47.7 Å². The smallest absolute Gasteiger partial charge is 0.283 e. The van der Waals surface area contributed by atoms with Gasteiger partial charge in [0.05, 0.1) is 5.71 Å². The molecule has 22 heavy (non-hydrogen) atoms. The summed E-state index contributed by atoms with van der Waals surface area (Å²) in [6.07, 6.45) is 3.61. The van der Waals surface area contributed by atoms with Crippen molar-refractivity contribution in [2.75, 3.05) is 12.4 Å². The van der Waals surface area contributed by atoms with E-state index in [0.29, 0.717) is 6.54 Å². The fraction of sp³-hybridized carbons (Fsp3) is 0.438. The molecule has 1 fully saturated rings. The first-order valence-corrected chi connectivity index (χ1v) is 9.00. The van der Waals surface area contributed by atoms with Crippen molar-refractivity contribution in [2.24, 2.45) is 4.99 Å². The molecule has 1 aromatic carbocycles. The number of benzene rings is 1. The second kappa shape index (κ2) is 7.07. The van der Waals surface area contributed by atoms with E-state index < -0.39 is 10.1 Å². The van der Waals surface area contributed by atoms with Gasteiger partial charge in [0.15, 0.2) is 0 Å². The Balaban J connectivity index is 2.33. The average molecular weight is 322 g/mol. The largest absolute Gasteiger partial charge is 0.359 e. The Morgan fingerprint density at radius 3 is 2.64 bits per heavy atom. The normalized spacial score (nSPS) is 18.5. The van der Waals surface area contributed by atoms with E-state index in [9.17, 15) is 8.42 Å². The van der Waals surface area contributed by atoms with Crippen LogP contribution in [0.4, 0.5) is 0 Å².